The van der Waals surface area contributed by atoms with Crippen molar-refractivity contribution in [3.05, 3.63) is 30.1 Å². The molecule has 108 valence electrons. The molecular formula is C16H29N3. The van der Waals surface area contributed by atoms with Crippen LogP contribution in [0.2, 0.25) is 0 Å². The molecule has 0 fully saturated rings. The zero-order chi connectivity index (χ0) is 14.1. The topological polar surface area (TPSA) is 28.2 Å². The minimum atomic E-state index is 0.613. The van der Waals surface area contributed by atoms with Crippen LogP contribution in [0.15, 0.2) is 24.4 Å². The number of aromatic nitrogens is 1. The van der Waals surface area contributed by atoms with Gasteiger partial charge in [-0.25, -0.2) is 0 Å². The molecule has 19 heavy (non-hydrogen) atoms. The van der Waals surface area contributed by atoms with Crippen LogP contribution >= 0.6 is 0 Å². The summed E-state index contributed by atoms with van der Waals surface area (Å²) >= 11 is 0. The Hall–Kier alpha value is -0.930. The van der Waals surface area contributed by atoms with Gasteiger partial charge in [-0.1, -0.05) is 26.8 Å². The molecule has 1 N–H and O–H groups in total. The molecule has 1 rings (SSSR count). The van der Waals surface area contributed by atoms with E-state index in [-0.39, 0.29) is 0 Å². The van der Waals surface area contributed by atoms with E-state index < -0.39 is 0 Å². The average Bonchev–Trinajstić information content (AvgIpc) is 2.42. The van der Waals surface area contributed by atoms with Crippen LogP contribution in [0, 0.1) is 5.92 Å². The lowest BCUT2D eigenvalue weighted by Crippen LogP contribution is -2.41. The molecule has 1 aromatic heterocycles. The molecule has 3 nitrogen and oxygen atoms in total. The summed E-state index contributed by atoms with van der Waals surface area (Å²) in [5.41, 5.74) is 1.18. The van der Waals surface area contributed by atoms with E-state index in [0.29, 0.717) is 6.04 Å². The Labute approximate surface area is 118 Å². The molecule has 3 heteroatoms. The van der Waals surface area contributed by atoms with Gasteiger partial charge in [0.25, 0.3) is 0 Å². The standard InChI is InChI=1S/C16H29N3/c1-5-16(13-17-12-14(2)3)19(4)11-9-15-8-6-7-10-18-15/h6-8,10,14,16-17H,5,9,11-13H2,1-4H3. The van der Waals surface area contributed by atoms with Gasteiger partial charge < -0.3 is 10.2 Å². The SMILES string of the molecule is CCC(CNCC(C)C)N(C)CCc1ccccn1. The van der Waals surface area contributed by atoms with Crippen LogP contribution in [-0.2, 0) is 6.42 Å². The Morgan fingerprint density at radius 1 is 1.26 bits per heavy atom. The van der Waals surface area contributed by atoms with E-state index in [2.05, 4.69) is 55.2 Å². The number of nitrogens with zero attached hydrogens (tertiary/aromatic N) is 2. The third-order valence-electron chi connectivity index (χ3n) is 3.47. The van der Waals surface area contributed by atoms with Gasteiger partial charge in [-0.05, 0) is 38.1 Å². The lowest BCUT2D eigenvalue weighted by molar-refractivity contribution is 0.229. The van der Waals surface area contributed by atoms with Gasteiger partial charge in [0.1, 0.15) is 0 Å². The predicted octanol–water partition coefficient (Wildman–Crippen LogP) is 2.58. The monoisotopic (exact) mass is 263 g/mol. The lowest BCUT2D eigenvalue weighted by Gasteiger charge is -2.27. The van der Waals surface area contributed by atoms with Gasteiger partial charge in [-0.15, -0.1) is 0 Å². The first kappa shape index (κ1) is 16.1. The summed E-state index contributed by atoms with van der Waals surface area (Å²) in [6.07, 6.45) is 4.08. The summed E-state index contributed by atoms with van der Waals surface area (Å²) in [6.45, 7) is 10.0. The summed E-state index contributed by atoms with van der Waals surface area (Å²) in [7, 11) is 2.22. The Morgan fingerprint density at radius 2 is 2.05 bits per heavy atom. The van der Waals surface area contributed by atoms with Crippen molar-refractivity contribution < 1.29 is 0 Å². The number of likely N-dealkylation sites (N-methyl/N-ethyl adjacent to an activating group) is 1. The fourth-order valence-electron chi connectivity index (χ4n) is 2.17. The maximum Gasteiger partial charge on any atom is 0.0416 e. The summed E-state index contributed by atoms with van der Waals surface area (Å²) in [4.78, 5) is 6.83. The molecule has 0 saturated heterocycles. The molecule has 0 aliphatic rings. The Morgan fingerprint density at radius 3 is 2.63 bits per heavy atom. The van der Waals surface area contributed by atoms with Crippen LogP contribution in [0.1, 0.15) is 32.9 Å². The highest BCUT2D eigenvalue weighted by Crippen LogP contribution is 2.03. The third-order valence-corrected chi connectivity index (χ3v) is 3.47. The quantitative estimate of drug-likeness (QED) is 0.742. The highest BCUT2D eigenvalue weighted by atomic mass is 15.1. The van der Waals surface area contributed by atoms with Crippen molar-refractivity contribution in [3.8, 4) is 0 Å². The zero-order valence-electron chi connectivity index (χ0n) is 12.9. The molecule has 1 heterocycles. The second-order valence-electron chi connectivity index (χ2n) is 5.67. The lowest BCUT2D eigenvalue weighted by atomic mass is 10.1. The molecule has 0 bridgehead atoms. The Bertz CT molecular complexity index is 324. The highest BCUT2D eigenvalue weighted by molar-refractivity contribution is 5.03. The van der Waals surface area contributed by atoms with Crippen molar-refractivity contribution in [1.82, 2.24) is 15.2 Å². The fourth-order valence-corrected chi connectivity index (χ4v) is 2.17. The maximum absolute atomic E-state index is 4.38. The largest absolute Gasteiger partial charge is 0.315 e. The first-order chi connectivity index (χ1) is 9.13. The smallest absolute Gasteiger partial charge is 0.0416 e. The zero-order valence-corrected chi connectivity index (χ0v) is 12.9. The summed E-state index contributed by atoms with van der Waals surface area (Å²) in [6, 6.07) is 6.75. The van der Waals surface area contributed by atoms with Crippen LogP contribution in [0.5, 0.6) is 0 Å². The maximum atomic E-state index is 4.38. The number of nitrogens with one attached hydrogen (secondary N) is 1. The van der Waals surface area contributed by atoms with Gasteiger partial charge in [0.2, 0.25) is 0 Å². The molecule has 0 spiro atoms. The van der Waals surface area contributed by atoms with E-state index in [9.17, 15) is 0 Å². The number of hydrogen-bond acceptors (Lipinski definition) is 3. The van der Waals surface area contributed by atoms with E-state index in [1.807, 2.05) is 12.3 Å². The molecule has 0 radical (unpaired) electrons. The van der Waals surface area contributed by atoms with Gasteiger partial charge in [-0.2, -0.15) is 0 Å². The van der Waals surface area contributed by atoms with Crippen molar-refractivity contribution in [3.63, 3.8) is 0 Å². The molecule has 0 saturated carbocycles. The van der Waals surface area contributed by atoms with Crippen LogP contribution in [0.3, 0.4) is 0 Å². The number of pyridine rings is 1. The normalized spacial score (nSPS) is 13.2. The van der Waals surface area contributed by atoms with E-state index in [1.54, 1.807) is 0 Å². The van der Waals surface area contributed by atoms with E-state index in [4.69, 9.17) is 0 Å². The molecule has 1 aromatic rings. The van der Waals surface area contributed by atoms with Crippen molar-refractivity contribution in [2.75, 3.05) is 26.7 Å². The summed E-state index contributed by atoms with van der Waals surface area (Å²) in [5, 5.41) is 3.56. The van der Waals surface area contributed by atoms with Crippen LogP contribution < -0.4 is 5.32 Å². The average molecular weight is 263 g/mol. The van der Waals surface area contributed by atoms with Crippen LogP contribution in [0.4, 0.5) is 0 Å². The van der Waals surface area contributed by atoms with Crippen LogP contribution in [-0.4, -0.2) is 42.6 Å². The number of rotatable bonds is 9. The van der Waals surface area contributed by atoms with Gasteiger partial charge in [-0.3, -0.25) is 4.98 Å². The first-order valence-corrected chi connectivity index (χ1v) is 7.44. The molecule has 0 aliphatic heterocycles. The van der Waals surface area contributed by atoms with Gasteiger partial charge in [0, 0.05) is 37.4 Å². The van der Waals surface area contributed by atoms with Crippen molar-refractivity contribution in [2.45, 2.75) is 39.7 Å². The molecule has 0 amide bonds. The van der Waals surface area contributed by atoms with E-state index in [0.717, 1.165) is 32.0 Å². The Kier molecular flexibility index (Phi) is 7.68. The van der Waals surface area contributed by atoms with E-state index >= 15 is 0 Å². The highest BCUT2D eigenvalue weighted by Gasteiger charge is 2.12. The minimum absolute atomic E-state index is 0.613. The molecule has 0 aliphatic carbocycles. The summed E-state index contributed by atoms with van der Waals surface area (Å²) < 4.78 is 0. The Balaban J connectivity index is 2.30. The van der Waals surface area contributed by atoms with Gasteiger partial charge in [0.05, 0.1) is 0 Å². The first-order valence-electron chi connectivity index (χ1n) is 7.44. The number of hydrogen-bond donors (Lipinski definition) is 1. The van der Waals surface area contributed by atoms with Gasteiger partial charge in [0.15, 0.2) is 0 Å². The second kappa shape index (κ2) is 9.05. The predicted molar refractivity (Wildman–Crippen MR) is 82.4 cm³/mol. The second-order valence-corrected chi connectivity index (χ2v) is 5.67. The summed E-state index contributed by atoms with van der Waals surface area (Å²) in [5.74, 6) is 0.719. The van der Waals surface area contributed by atoms with Gasteiger partial charge >= 0.3 is 0 Å². The van der Waals surface area contributed by atoms with Crippen molar-refractivity contribution in [2.24, 2.45) is 5.92 Å². The fraction of sp³-hybridized carbons (Fsp3) is 0.688. The molecular weight excluding hydrogens is 234 g/mol. The van der Waals surface area contributed by atoms with Crippen LogP contribution in [0.25, 0.3) is 0 Å². The van der Waals surface area contributed by atoms with E-state index in [1.165, 1.54) is 12.1 Å². The van der Waals surface area contributed by atoms with Crippen molar-refractivity contribution in [1.29, 1.82) is 0 Å². The molecule has 1 unspecified atom stereocenters. The molecule has 0 aromatic carbocycles. The minimum Gasteiger partial charge on any atom is -0.315 e. The van der Waals surface area contributed by atoms with Crippen molar-refractivity contribution >= 4 is 0 Å². The third kappa shape index (κ3) is 6.69. The molecule has 1 atom stereocenters.